The van der Waals surface area contributed by atoms with E-state index in [0.29, 0.717) is 21.5 Å². The maximum atomic E-state index is 12.1. The molecular formula is C22H23Cl2N3O3. The third-order valence-corrected chi connectivity index (χ3v) is 5.58. The van der Waals surface area contributed by atoms with E-state index in [1.54, 1.807) is 19.2 Å². The lowest BCUT2D eigenvalue weighted by atomic mass is 10.0. The average molecular weight is 448 g/mol. The highest BCUT2D eigenvalue weighted by Gasteiger charge is 2.41. The van der Waals surface area contributed by atoms with Crippen LogP contribution in [0, 0.1) is 5.92 Å². The Bertz CT molecular complexity index is 991. The van der Waals surface area contributed by atoms with Crippen molar-refractivity contribution in [3.8, 4) is 0 Å². The molecule has 2 aromatic carbocycles. The zero-order valence-electron chi connectivity index (χ0n) is 17.0. The van der Waals surface area contributed by atoms with Crippen LogP contribution in [-0.2, 0) is 21.1 Å². The van der Waals surface area contributed by atoms with Crippen molar-refractivity contribution in [2.75, 3.05) is 14.2 Å². The number of rotatable bonds is 8. The molecule has 2 unspecified atom stereocenters. The molecule has 3 rings (SSSR count). The number of nitrogens with zero attached hydrogens (tertiary/aromatic N) is 2. The van der Waals surface area contributed by atoms with E-state index in [1.165, 1.54) is 7.11 Å². The number of carbonyl (C=O) groups excluding carboxylic acids is 1. The van der Waals surface area contributed by atoms with Gasteiger partial charge in [0.15, 0.2) is 5.71 Å². The van der Waals surface area contributed by atoms with Crippen molar-refractivity contribution in [3.63, 3.8) is 0 Å². The van der Waals surface area contributed by atoms with Gasteiger partial charge in [0.25, 0.3) is 5.91 Å². The number of carbonyl (C=O) groups is 1. The molecule has 0 aliphatic heterocycles. The van der Waals surface area contributed by atoms with Crippen LogP contribution < -0.4 is 5.32 Å². The third-order valence-electron chi connectivity index (χ3n) is 5.01. The van der Waals surface area contributed by atoms with E-state index in [2.05, 4.69) is 15.6 Å². The van der Waals surface area contributed by atoms with Crippen molar-refractivity contribution in [2.24, 2.45) is 16.2 Å². The molecule has 8 heteroatoms. The first-order valence-electron chi connectivity index (χ1n) is 9.49. The zero-order chi connectivity index (χ0) is 21.7. The quantitative estimate of drug-likeness (QED) is 0.467. The largest absolute Gasteiger partial charge is 0.398 e. The van der Waals surface area contributed by atoms with Gasteiger partial charge in [0.2, 0.25) is 0 Å². The molecule has 1 fully saturated rings. The summed E-state index contributed by atoms with van der Waals surface area (Å²) in [5.41, 5.74) is 3.57. The Morgan fingerprint density at radius 2 is 1.97 bits per heavy atom. The molecule has 30 heavy (non-hydrogen) atoms. The molecule has 0 heterocycles. The average Bonchev–Trinajstić information content (AvgIpc) is 3.52. The first-order chi connectivity index (χ1) is 14.5. The molecule has 1 saturated carbocycles. The zero-order valence-corrected chi connectivity index (χ0v) is 18.5. The summed E-state index contributed by atoms with van der Waals surface area (Å²) in [5, 5.41) is 12.0. The molecule has 0 aromatic heterocycles. The molecule has 1 aliphatic rings. The number of hydrogen-bond acceptors (Lipinski definition) is 5. The Morgan fingerprint density at radius 1 is 1.20 bits per heavy atom. The molecule has 0 bridgehead atoms. The SMILES string of the molecule is CNC(=O)/C(=N\OC)c1ccccc1CO/N=C(\C)C1CC1c1ccc(Cl)cc1Cl. The van der Waals surface area contributed by atoms with Crippen molar-refractivity contribution >= 4 is 40.5 Å². The van der Waals surface area contributed by atoms with E-state index in [-0.39, 0.29) is 24.1 Å². The normalized spacial score (nSPS) is 18.7. The summed E-state index contributed by atoms with van der Waals surface area (Å²) in [6, 6.07) is 12.9. The number of oxime groups is 2. The van der Waals surface area contributed by atoms with Gasteiger partial charge in [-0.1, -0.05) is 63.8 Å². The molecule has 1 aliphatic carbocycles. The van der Waals surface area contributed by atoms with E-state index in [0.717, 1.165) is 23.3 Å². The predicted octanol–water partition coefficient (Wildman–Crippen LogP) is 4.79. The van der Waals surface area contributed by atoms with E-state index >= 15 is 0 Å². The van der Waals surface area contributed by atoms with Crippen LogP contribution in [0.5, 0.6) is 0 Å². The van der Waals surface area contributed by atoms with E-state index in [4.69, 9.17) is 32.9 Å². The van der Waals surface area contributed by atoms with Gasteiger partial charge in [0, 0.05) is 34.1 Å². The topological polar surface area (TPSA) is 72.3 Å². The second-order valence-corrected chi connectivity index (χ2v) is 7.82. The molecule has 158 valence electrons. The lowest BCUT2D eigenvalue weighted by Gasteiger charge is -2.10. The maximum Gasteiger partial charge on any atom is 0.273 e. The lowest BCUT2D eigenvalue weighted by Crippen LogP contribution is -2.29. The number of likely N-dealkylation sites (N-methyl/N-ethyl adjacent to an activating group) is 1. The molecule has 0 spiro atoms. The summed E-state index contributed by atoms with van der Waals surface area (Å²) < 4.78 is 0. The molecule has 6 nitrogen and oxygen atoms in total. The van der Waals surface area contributed by atoms with Gasteiger partial charge in [-0.05, 0) is 37.0 Å². The van der Waals surface area contributed by atoms with Crippen molar-refractivity contribution in [3.05, 3.63) is 69.2 Å². The van der Waals surface area contributed by atoms with Crippen LogP contribution in [0.1, 0.15) is 36.0 Å². The fourth-order valence-corrected chi connectivity index (χ4v) is 3.92. The molecule has 0 saturated heterocycles. The lowest BCUT2D eigenvalue weighted by molar-refractivity contribution is -0.114. The predicted molar refractivity (Wildman–Crippen MR) is 119 cm³/mol. The van der Waals surface area contributed by atoms with Crippen LogP contribution in [0.4, 0.5) is 0 Å². The van der Waals surface area contributed by atoms with Crippen LogP contribution in [0.3, 0.4) is 0 Å². The van der Waals surface area contributed by atoms with Gasteiger partial charge in [0.1, 0.15) is 13.7 Å². The van der Waals surface area contributed by atoms with Crippen molar-refractivity contribution in [2.45, 2.75) is 25.9 Å². The minimum absolute atomic E-state index is 0.180. The van der Waals surface area contributed by atoms with E-state index in [1.807, 2.05) is 37.3 Å². The standard InChI is InChI=1S/C22H23Cl2N3O3/c1-13(18-11-19(18)17-9-8-15(23)10-20(17)24)26-30-12-14-6-4-5-7-16(14)21(27-29-3)22(28)25-2/h4-10,18-19H,11-12H2,1-3H3,(H,25,28)/b26-13+,27-21-. The highest BCUT2D eigenvalue weighted by molar-refractivity contribution is 6.45. The summed E-state index contributed by atoms with van der Waals surface area (Å²) in [4.78, 5) is 22.6. The maximum absolute atomic E-state index is 12.1. The van der Waals surface area contributed by atoms with Gasteiger partial charge in [0.05, 0.1) is 5.71 Å². The fraction of sp³-hybridized carbons (Fsp3) is 0.318. The first-order valence-corrected chi connectivity index (χ1v) is 10.2. The van der Waals surface area contributed by atoms with Gasteiger partial charge < -0.3 is 15.0 Å². The van der Waals surface area contributed by atoms with Crippen LogP contribution >= 0.6 is 23.2 Å². The van der Waals surface area contributed by atoms with Crippen LogP contribution in [0.15, 0.2) is 52.8 Å². The van der Waals surface area contributed by atoms with Crippen LogP contribution in [0.25, 0.3) is 0 Å². The Balaban J connectivity index is 1.67. The van der Waals surface area contributed by atoms with E-state index in [9.17, 15) is 4.79 Å². The number of benzene rings is 2. The smallest absolute Gasteiger partial charge is 0.273 e. The highest BCUT2D eigenvalue weighted by atomic mass is 35.5. The van der Waals surface area contributed by atoms with Gasteiger partial charge >= 0.3 is 0 Å². The van der Waals surface area contributed by atoms with Gasteiger partial charge in [-0.2, -0.15) is 0 Å². The summed E-state index contributed by atoms with van der Waals surface area (Å²) in [6.45, 7) is 2.15. The summed E-state index contributed by atoms with van der Waals surface area (Å²) in [6.07, 6.45) is 0.970. The Labute approximate surface area is 185 Å². The molecule has 2 aromatic rings. The Kier molecular flexibility index (Phi) is 7.34. The summed E-state index contributed by atoms with van der Waals surface area (Å²) >= 11 is 12.3. The number of halogens is 2. The highest BCUT2D eigenvalue weighted by Crippen LogP contribution is 2.50. The Morgan fingerprint density at radius 3 is 2.67 bits per heavy atom. The number of hydrogen-bond donors (Lipinski definition) is 1. The van der Waals surface area contributed by atoms with E-state index < -0.39 is 0 Å². The second kappa shape index (κ2) is 9.96. The molecule has 1 amide bonds. The fourth-order valence-electron chi connectivity index (χ4n) is 3.37. The second-order valence-electron chi connectivity index (χ2n) is 6.98. The van der Waals surface area contributed by atoms with Crippen molar-refractivity contribution < 1.29 is 14.5 Å². The third kappa shape index (κ3) is 5.12. The summed E-state index contributed by atoms with van der Waals surface area (Å²) in [5.74, 6) is 0.267. The minimum atomic E-state index is -0.343. The van der Waals surface area contributed by atoms with Crippen LogP contribution in [-0.4, -0.2) is 31.5 Å². The van der Waals surface area contributed by atoms with Gasteiger partial charge in [-0.15, -0.1) is 0 Å². The van der Waals surface area contributed by atoms with Crippen molar-refractivity contribution in [1.29, 1.82) is 0 Å². The molecule has 0 radical (unpaired) electrons. The van der Waals surface area contributed by atoms with Gasteiger partial charge in [-0.3, -0.25) is 4.79 Å². The Hall–Kier alpha value is -2.57. The summed E-state index contributed by atoms with van der Waals surface area (Å²) in [7, 11) is 2.94. The van der Waals surface area contributed by atoms with Gasteiger partial charge in [-0.25, -0.2) is 0 Å². The molecular weight excluding hydrogens is 425 g/mol. The van der Waals surface area contributed by atoms with Crippen LogP contribution in [0.2, 0.25) is 10.0 Å². The molecule has 1 N–H and O–H groups in total. The monoisotopic (exact) mass is 447 g/mol. The molecule has 2 atom stereocenters. The number of nitrogens with one attached hydrogen (secondary N) is 1. The number of amides is 1. The van der Waals surface area contributed by atoms with Crippen molar-refractivity contribution in [1.82, 2.24) is 5.32 Å². The minimum Gasteiger partial charge on any atom is -0.398 e. The first kappa shape index (κ1) is 22.1.